The largest absolute Gasteiger partial charge is 0.495 e. The molecular formula is C24H31N5O3. The van der Waals surface area contributed by atoms with Gasteiger partial charge < -0.3 is 19.9 Å². The van der Waals surface area contributed by atoms with Crippen LogP contribution < -0.4 is 19.9 Å². The number of rotatable bonds is 6. The van der Waals surface area contributed by atoms with Gasteiger partial charge in [-0.1, -0.05) is 19.8 Å². The predicted molar refractivity (Wildman–Crippen MR) is 125 cm³/mol. The lowest BCUT2D eigenvalue weighted by Crippen LogP contribution is -2.55. The number of benzene rings is 1. The van der Waals surface area contributed by atoms with Crippen molar-refractivity contribution in [2.45, 2.75) is 65.0 Å². The number of methoxy groups -OCH3 is 1. The van der Waals surface area contributed by atoms with E-state index >= 15 is 0 Å². The molecule has 8 nitrogen and oxygen atoms in total. The summed E-state index contributed by atoms with van der Waals surface area (Å²) in [7, 11) is 3.38. The van der Waals surface area contributed by atoms with Crippen molar-refractivity contribution in [1.82, 2.24) is 9.97 Å². The van der Waals surface area contributed by atoms with Gasteiger partial charge in [-0.3, -0.25) is 9.59 Å². The van der Waals surface area contributed by atoms with Crippen molar-refractivity contribution in [3.63, 3.8) is 0 Å². The van der Waals surface area contributed by atoms with Crippen LogP contribution in [0.2, 0.25) is 0 Å². The summed E-state index contributed by atoms with van der Waals surface area (Å²) in [4.78, 5) is 38.4. The van der Waals surface area contributed by atoms with E-state index in [1.807, 2.05) is 14.0 Å². The third kappa shape index (κ3) is 3.78. The normalized spacial score (nSPS) is 18.7. The standard InChI is InChI=1S/C24H31N5O3/c1-6-19-23(31)28(4)21-14(2)25-24(27-22(21)29(19)17-9-7-8-10-17)26-18-12-11-16(15(3)30)13-20(18)32-5/h11-13,17,19H,6-10H2,1-5H3,(H,25,26,27). The summed E-state index contributed by atoms with van der Waals surface area (Å²) in [5, 5.41) is 3.26. The van der Waals surface area contributed by atoms with E-state index in [9.17, 15) is 9.59 Å². The summed E-state index contributed by atoms with van der Waals surface area (Å²) in [6.45, 7) is 5.49. The number of aryl methyl sites for hydroxylation is 1. The van der Waals surface area contributed by atoms with Crippen molar-refractivity contribution in [3.05, 3.63) is 29.5 Å². The monoisotopic (exact) mass is 437 g/mol. The lowest BCUT2D eigenvalue weighted by Gasteiger charge is -2.44. The van der Waals surface area contributed by atoms with Gasteiger partial charge in [-0.2, -0.15) is 4.98 Å². The number of carbonyl (C=O) groups is 2. The van der Waals surface area contributed by atoms with Gasteiger partial charge >= 0.3 is 0 Å². The number of Topliss-reactive ketones (excluding diaryl/α,β-unsaturated/α-hetero) is 1. The molecule has 1 amide bonds. The minimum absolute atomic E-state index is 0.0266. The highest BCUT2D eigenvalue weighted by Crippen LogP contribution is 2.42. The van der Waals surface area contributed by atoms with Gasteiger partial charge in [0.15, 0.2) is 11.6 Å². The molecule has 1 atom stereocenters. The number of ketones is 1. The predicted octanol–water partition coefficient (Wildman–Crippen LogP) is 4.24. The first kappa shape index (κ1) is 22.0. The van der Waals surface area contributed by atoms with Crippen LogP contribution in [0.4, 0.5) is 23.1 Å². The van der Waals surface area contributed by atoms with Crippen molar-refractivity contribution in [2.75, 3.05) is 29.3 Å². The zero-order valence-electron chi connectivity index (χ0n) is 19.4. The van der Waals surface area contributed by atoms with Gasteiger partial charge in [0.1, 0.15) is 17.5 Å². The van der Waals surface area contributed by atoms with Gasteiger partial charge in [-0.25, -0.2) is 4.98 Å². The number of nitrogens with zero attached hydrogens (tertiary/aromatic N) is 4. The van der Waals surface area contributed by atoms with Gasteiger partial charge in [0.2, 0.25) is 11.9 Å². The Labute approximate surface area is 189 Å². The topological polar surface area (TPSA) is 87.7 Å². The number of hydrogen-bond acceptors (Lipinski definition) is 7. The number of aromatic nitrogens is 2. The highest BCUT2D eigenvalue weighted by atomic mass is 16.5. The molecule has 1 N–H and O–H groups in total. The van der Waals surface area contributed by atoms with Crippen molar-refractivity contribution in [1.29, 1.82) is 0 Å². The fourth-order valence-electron chi connectivity index (χ4n) is 4.90. The molecule has 0 saturated heterocycles. The fourth-order valence-corrected chi connectivity index (χ4v) is 4.90. The van der Waals surface area contributed by atoms with E-state index in [2.05, 4.69) is 22.1 Å². The van der Waals surface area contributed by atoms with E-state index in [1.54, 1.807) is 30.2 Å². The minimum atomic E-state index is -0.220. The van der Waals surface area contributed by atoms with Crippen LogP contribution in [0.1, 0.15) is 62.0 Å². The number of fused-ring (bicyclic) bond motifs is 1. The average Bonchev–Trinajstić information content (AvgIpc) is 3.30. The van der Waals surface area contributed by atoms with Gasteiger partial charge in [0.25, 0.3) is 0 Å². The van der Waals surface area contributed by atoms with Crippen molar-refractivity contribution >= 4 is 34.8 Å². The molecule has 0 bridgehead atoms. The maximum atomic E-state index is 13.2. The Morgan fingerprint density at radius 3 is 2.59 bits per heavy atom. The highest BCUT2D eigenvalue weighted by Gasteiger charge is 2.42. The number of nitrogens with one attached hydrogen (secondary N) is 1. The Morgan fingerprint density at radius 1 is 1.25 bits per heavy atom. The molecule has 1 aliphatic carbocycles. The first-order valence-corrected chi connectivity index (χ1v) is 11.3. The molecule has 0 radical (unpaired) electrons. The highest BCUT2D eigenvalue weighted by molar-refractivity contribution is 6.05. The van der Waals surface area contributed by atoms with Crippen LogP contribution in [-0.4, -0.2) is 47.9 Å². The molecule has 1 unspecified atom stereocenters. The van der Waals surface area contributed by atoms with E-state index in [1.165, 1.54) is 19.8 Å². The number of amides is 1. The molecule has 1 fully saturated rings. The third-order valence-corrected chi connectivity index (χ3v) is 6.53. The van der Waals surface area contributed by atoms with E-state index in [4.69, 9.17) is 9.72 Å². The Hall–Kier alpha value is -3.16. The fraction of sp³-hybridized carbons (Fsp3) is 0.500. The van der Waals surface area contributed by atoms with Crippen LogP contribution in [-0.2, 0) is 4.79 Å². The molecule has 1 aliphatic heterocycles. The molecule has 2 aromatic rings. The van der Waals surface area contributed by atoms with E-state index < -0.39 is 0 Å². The minimum Gasteiger partial charge on any atom is -0.495 e. The van der Waals surface area contributed by atoms with Crippen LogP contribution in [0.15, 0.2) is 18.2 Å². The molecule has 2 heterocycles. The third-order valence-electron chi connectivity index (χ3n) is 6.53. The van der Waals surface area contributed by atoms with Crippen LogP contribution in [0.5, 0.6) is 5.75 Å². The molecule has 4 rings (SSSR count). The van der Waals surface area contributed by atoms with E-state index in [0.29, 0.717) is 29.0 Å². The second-order valence-corrected chi connectivity index (χ2v) is 8.57. The second-order valence-electron chi connectivity index (χ2n) is 8.57. The van der Waals surface area contributed by atoms with Crippen LogP contribution in [0.25, 0.3) is 0 Å². The van der Waals surface area contributed by atoms with Gasteiger partial charge in [-0.05, 0) is 51.3 Å². The molecule has 1 saturated carbocycles. The molecule has 0 spiro atoms. The number of carbonyl (C=O) groups excluding carboxylic acids is 2. The van der Waals surface area contributed by atoms with Gasteiger partial charge in [0, 0.05) is 18.7 Å². The number of hydrogen-bond donors (Lipinski definition) is 1. The SMILES string of the molecule is CCC1C(=O)N(C)c2c(C)nc(Nc3ccc(C(C)=O)cc3OC)nc2N1C1CCCC1. The van der Waals surface area contributed by atoms with E-state index in [-0.39, 0.29) is 17.7 Å². The summed E-state index contributed by atoms with van der Waals surface area (Å²) in [6, 6.07) is 5.35. The molecular weight excluding hydrogens is 406 g/mol. The summed E-state index contributed by atoms with van der Waals surface area (Å²) in [5.74, 6) is 1.86. The van der Waals surface area contributed by atoms with Crippen LogP contribution in [0.3, 0.4) is 0 Å². The zero-order chi connectivity index (χ0) is 23.0. The zero-order valence-corrected chi connectivity index (χ0v) is 19.4. The second kappa shape index (κ2) is 8.76. The van der Waals surface area contributed by atoms with Crippen molar-refractivity contribution in [3.8, 4) is 5.75 Å². The van der Waals surface area contributed by atoms with Crippen LogP contribution >= 0.6 is 0 Å². The van der Waals surface area contributed by atoms with Crippen molar-refractivity contribution < 1.29 is 14.3 Å². The van der Waals surface area contributed by atoms with Gasteiger partial charge in [-0.15, -0.1) is 0 Å². The van der Waals surface area contributed by atoms with Crippen molar-refractivity contribution in [2.24, 2.45) is 0 Å². The summed E-state index contributed by atoms with van der Waals surface area (Å²) in [6.07, 6.45) is 5.21. The van der Waals surface area contributed by atoms with E-state index in [0.717, 1.165) is 36.5 Å². The molecule has 2 aliphatic rings. The van der Waals surface area contributed by atoms with Crippen LogP contribution in [0, 0.1) is 6.92 Å². The Bertz CT molecular complexity index is 1050. The number of anilines is 4. The maximum absolute atomic E-state index is 13.2. The summed E-state index contributed by atoms with van der Waals surface area (Å²) < 4.78 is 5.49. The number of ether oxygens (including phenoxy) is 1. The molecule has 1 aromatic carbocycles. The molecule has 1 aromatic heterocycles. The average molecular weight is 438 g/mol. The number of likely N-dealkylation sites (N-methyl/N-ethyl adjacent to an activating group) is 1. The Kier molecular flexibility index (Phi) is 6.04. The van der Waals surface area contributed by atoms with Gasteiger partial charge in [0.05, 0.1) is 18.5 Å². The molecule has 170 valence electrons. The summed E-state index contributed by atoms with van der Waals surface area (Å²) >= 11 is 0. The Morgan fingerprint density at radius 2 is 1.97 bits per heavy atom. The lowest BCUT2D eigenvalue weighted by atomic mass is 10.0. The first-order valence-electron chi connectivity index (χ1n) is 11.3. The molecule has 8 heteroatoms. The lowest BCUT2D eigenvalue weighted by molar-refractivity contribution is -0.120. The smallest absolute Gasteiger partial charge is 0.249 e. The Balaban J connectivity index is 1.78. The maximum Gasteiger partial charge on any atom is 0.249 e. The molecule has 32 heavy (non-hydrogen) atoms. The first-order chi connectivity index (χ1) is 15.3. The quantitative estimate of drug-likeness (QED) is 0.676. The summed E-state index contributed by atoms with van der Waals surface area (Å²) in [5.41, 5.74) is 2.77.